The maximum absolute atomic E-state index is 5.59. The van der Waals surface area contributed by atoms with E-state index in [0.717, 1.165) is 11.4 Å². The summed E-state index contributed by atoms with van der Waals surface area (Å²) >= 11 is 5.42. The molecule has 0 aromatic heterocycles. The highest BCUT2D eigenvalue weighted by Crippen LogP contribution is 2.23. The Hall–Kier alpha value is -1.29. The average molecular weight is 294 g/mol. The lowest BCUT2D eigenvalue weighted by atomic mass is 9.93. The van der Waals surface area contributed by atoms with Crippen molar-refractivity contribution in [2.45, 2.75) is 40.7 Å². The van der Waals surface area contributed by atoms with E-state index in [1.54, 1.807) is 0 Å². The summed E-state index contributed by atoms with van der Waals surface area (Å²) in [5, 5.41) is 7.27. The van der Waals surface area contributed by atoms with Crippen molar-refractivity contribution < 1.29 is 4.74 Å². The Labute approximate surface area is 128 Å². The molecule has 0 aliphatic rings. The van der Waals surface area contributed by atoms with Crippen molar-refractivity contribution >= 4 is 23.0 Å². The molecule has 0 fully saturated rings. The maximum Gasteiger partial charge on any atom is 0.171 e. The largest absolute Gasteiger partial charge is 0.492 e. The molecule has 0 saturated carbocycles. The van der Waals surface area contributed by atoms with Crippen LogP contribution in [0.15, 0.2) is 24.3 Å². The molecule has 0 aliphatic heterocycles. The third-order valence-electron chi connectivity index (χ3n) is 3.17. The monoisotopic (exact) mass is 294 g/mol. The van der Waals surface area contributed by atoms with Gasteiger partial charge in [0, 0.05) is 6.04 Å². The number of para-hydroxylation sites is 2. The van der Waals surface area contributed by atoms with Gasteiger partial charge in [-0.25, -0.2) is 0 Å². The number of hydrogen-bond donors (Lipinski definition) is 2. The summed E-state index contributed by atoms with van der Waals surface area (Å²) in [6, 6.07) is 8.19. The van der Waals surface area contributed by atoms with E-state index in [4.69, 9.17) is 17.0 Å². The van der Waals surface area contributed by atoms with Gasteiger partial charge in [-0.2, -0.15) is 0 Å². The molecule has 0 spiro atoms. The van der Waals surface area contributed by atoms with Gasteiger partial charge >= 0.3 is 0 Å². The molecule has 1 aromatic rings. The van der Waals surface area contributed by atoms with E-state index in [9.17, 15) is 0 Å². The molecule has 1 rings (SSSR count). The highest BCUT2D eigenvalue weighted by molar-refractivity contribution is 7.80. The third-order valence-corrected chi connectivity index (χ3v) is 3.39. The topological polar surface area (TPSA) is 33.3 Å². The standard InChI is InChI=1S/C16H26N2OS/c1-6-19-14-10-8-7-9-13(14)17-16(20)18-15(11(2)3)12(4)5/h7-12,15H,6H2,1-5H3,(H2,17,18,20). The van der Waals surface area contributed by atoms with Crippen molar-refractivity contribution in [1.82, 2.24) is 5.32 Å². The molecule has 4 heteroatoms. The van der Waals surface area contributed by atoms with Crippen LogP contribution in [0.2, 0.25) is 0 Å². The van der Waals surface area contributed by atoms with Gasteiger partial charge in [0.2, 0.25) is 0 Å². The highest BCUT2D eigenvalue weighted by atomic mass is 32.1. The predicted octanol–water partition coefficient (Wildman–Crippen LogP) is 4.05. The van der Waals surface area contributed by atoms with Crippen LogP contribution in [-0.2, 0) is 0 Å². The first kappa shape index (κ1) is 16.8. The fraction of sp³-hybridized carbons (Fsp3) is 0.562. The summed E-state index contributed by atoms with van der Waals surface area (Å²) in [6.45, 7) is 11.4. The molecular formula is C16H26N2OS. The number of ether oxygens (including phenoxy) is 1. The smallest absolute Gasteiger partial charge is 0.171 e. The Kier molecular flexibility index (Phi) is 6.79. The Morgan fingerprint density at radius 1 is 1.15 bits per heavy atom. The van der Waals surface area contributed by atoms with Crippen molar-refractivity contribution in [2.24, 2.45) is 11.8 Å². The third kappa shape index (κ3) is 5.00. The molecule has 112 valence electrons. The second-order valence-electron chi connectivity index (χ2n) is 5.54. The van der Waals surface area contributed by atoms with E-state index in [2.05, 4.69) is 38.3 Å². The molecule has 1 aromatic carbocycles. The Morgan fingerprint density at radius 3 is 2.30 bits per heavy atom. The molecule has 0 atom stereocenters. The highest BCUT2D eigenvalue weighted by Gasteiger charge is 2.18. The molecule has 0 amide bonds. The van der Waals surface area contributed by atoms with Crippen molar-refractivity contribution in [3.63, 3.8) is 0 Å². The van der Waals surface area contributed by atoms with Crippen molar-refractivity contribution in [3.05, 3.63) is 24.3 Å². The predicted molar refractivity (Wildman–Crippen MR) is 90.4 cm³/mol. The molecule has 3 nitrogen and oxygen atoms in total. The SMILES string of the molecule is CCOc1ccccc1NC(=S)NC(C(C)C)C(C)C. The van der Waals surface area contributed by atoms with E-state index in [-0.39, 0.29) is 0 Å². The minimum atomic E-state index is 0.356. The van der Waals surface area contributed by atoms with E-state index in [0.29, 0.717) is 29.6 Å². The van der Waals surface area contributed by atoms with E-state index < -0.39 is 0 Å². The van der Waals surface area contributed by atoms with Crippen LogP contribution in [0.5, 0.6) is 5.75 Å². The van der Waals surface area contributed by atoms with Gasteiger partial charge in [-0.1, -0.05) is 39.8 Å². The van der Waals surface area contributed by atoms with Gasteiger partial charge in [-0.05, 0) is 43.1 Å². The zero-order chi connectivity index (χ0) is 15.1. The minimum absolute atomic E-state index is 0.356. The summed E-state index contributed by atoms with van der Waals surface area (Å²) in [5.41, 5.74) is 0.901. The van der Waals surface area contributed by atoms with Gasteiger partial charge in [0.1, 0.15) is 5.75 Å². The molecule has 0 saturated heterocycles. The summed E-state index contributed by atoms with van der Waals surface area (Å²) in [7, 11) is 0. The maximum atomic E-state index is 5.59. The number of rotatable bonds is 6. The van der Waals surface area contributed by atoms with Crippen LogP contribution < -0.4 is 15.4 Å². The number of benzene rings is 1. The fourth-order valence-electron chi connectivity index (χ4n) is 2.26. The molecule has 0 heterocycles. The van der Waals surface area contributed by atoms with Crippen molar-refractivity contribution in [1.29, 1.82) is 0 Å². The van der Waals surface area contributed by atoms with E-state index in [1.165, 1.54) is 0 Å². The van der Waals surface area contributed by atoms with Crippen molar-refractivity contribution in [2.75, 3.05) is 11.9 Å². The zero-order valence-corrected chi connectivity index (χ0v) is 13.9. The first-order chi connectivity index (χ1) is 9.45. The van der Waals surface area contributed by atoms with Gasteiger partial charge in [0.25, 0.3) is 0 Å². The molecule has 0 aliphatic carbocycles. The first-order valence-electron chi connectivity index (χ1n) is 7.25. The minimum Gasteiger partial charge on any atom is -0.492 e. The van der Waals surface area contributed by atoms with Crippen LogP contribution in [0.4, 0.5) is 5.69 Å². The summed E-state index contributed by atoms with van der Waals surface area (Å²) in [6.07, 6.45) is 0. The molecule has 0 radical (unpaired) electrons. The number of nitrogens with one attached hydrogen (secondary N) is 2. The van der Waals surface area contributed by atoms with Crippen LogP contribution in [0.25, 0.3) is 0 Å². The lowest BCUT2D eigenvalue weighted by Gasteiger charge is -2.27. The Balaban J connectivity index is 2.71. The van der Waals surface area contributed by atoms with Crippen molar-refractivity contribution in [3.8, 4) is 5.75 Å². The Morgan fingerprint density at radius 2 is 1.75 bits per heavy atom. The normalized spacial score (nSPS) is 11.0. The van der Waals surface area contributed by atoms with Gasteiger partial charge in [-0.3, -0.25) is 0 Å². The van der Waals surface area contributed by atoms with Crippen LogP contribution >= 0.6 is 12.2 Å². The molecular weight excluding hydrogens is 268 g/mol. The van der Waals surface area contributed by atoms with Crippen LogP contribution in [0.1, 0.15) is 34.6 Å². The number of thiocarbonyl (C=S) groups is 1. The second-order valence-corrected chi connectivity index (χ2v) is 5.95. The summed E-state index contributed by atoms with van der Waals surface area (Å²) < 4.78 is 5.59. The second kappa shape index (κ2) is 8.10. The molecule has 2 N–H and O–H groups in total. The van der Waals surface area contributed by atoms with Crippen LogP contribution in [0, 0.1) is 11.8 Å². The van der Waals surface area contributed by atoms with Gasteiger partial charge < -0.3 is 15.4 Å². The number of anilines is 1. The average Bonchev–Trinajstić information content (AvgIpc) is 2.38. The summed E-state index contributed by atoms with van der Waals surface area (Å²) in [4.78, 5) is 0. The molecule has 0 unspecified atom stereocenters. The molecule has 0 bridgehead atoms. The van der Waals surface area contributed by atoms with Gasteiger partial charge in [-0.15, -0.1) is 0 Å². The zero-order valence-electron chi connectivity index (χ0n) is 13.1. The van der Waals surface area contributed by atoms with Gasteiger partial charge in [0.15, 0.2) is 5.11 Å². The van der Waals surface area contributed by atoms with Gasteiger partial charge in [0.05, 0.1) is 12.3 Å². The Bertz CT molecular complexity index is 424. The quantitative estimate of drug-likeness (QED) is 0.775. The van der Waals surface area contributed by atoms with Crippen LogP contribution in [0.3, 0.4) is 0 Å². The lowest BCUT2D eigenvalue weighted by Crippen LogP contribution is -2.44. The first-order valence-corrected chi connectivity index (χ1v) is 7.65. The fourth-order valence-corrected chi connectivity index (χ4v) is 2.51. The van der Waals surface area contributed by atoms with Crippen LogP contribution in [-0.4, -0.2) is 17.8 Å². The number of hydrogen-bond acceptors (Lipinski definition) is 2. The van der Waals surface area contributed by atoms with E-state index >= 15 is 0 Å². The summed E-state index contributed by atoms with van der Waals surface area (Å²) in [5.74, 6) is 1.87. The van der Waals surface area contributed by atoms with E-state index in [1.807, 2.05) is 31.2 Å². The lowest BCUT2D eigenvalue weighted by molar-refractivity contribution is 0.341. The molecule has 20 heavy (non-hydrogen) atoms.